The summed E-state index contributed by atoms with van der Waals surface area (Å²) < 4.78 is 21.7. The van der Waals surface area contributed by atoms with E-state index in [1.807, 2.05) is 12.1 Å². The van der Waals surface area contributed by atoms with Crippen LogP contribution in [0.4, 0.5) is 0 Å². The second kappa shape index (κ2) is 10.5. The minimum atomic E-state index is -0.655. The van der Waals surface area contributed by atoms with E-state index >= 15 is 0 Å². The van der Waals surface area contributed by atoms with Crippen LogP contribution < -0.4 is 24.3 Å². The summed E-state index contributed by atoms with van der Waals surface area (Å²) in [6.45, 7) is 2.63. The van der Waals surface area contributed by atoms with Crippen molar-refractivity contribution in [1.29, 1.82) is 0 Å². The van der Waals surface area contributed by atoms with E-state index in [1.54, 1.807) is 44.4 Å². The number of nitrogens with zero attached hydrogens (tertiary/aromatic N) is 1. The fourth-order valence-corrected chi connectivity index (χ4v) is 4.28. The molecule has 2 unspecified atom stereocenters. The molecule has 0 fully saturated rings. The van der Waals surface area contributed by atoms with E-state index in [2.05, 4.69) is 12.2 Å². The van der Waals surface area contributed by atoms with Crippen molar-refractivity contribution in [2.75, 3.05) is 42.0 Å². The maximum Gasteiger partial charge on any atom is 0.254 e. The zero-order valence-electron chi connectivity index (χ0n) is 20.1. The fourth-order valence-electron chi connectivity index (χ4n) is 4.28. The van der Waals surface area contributed by atoms with Gasteiger partial charge >= 0.3 is 0 Å². The predicted octanol–water partition coefficient (Wildman–Crippen LogP) is 3.55. The van der Waals surface area contributed by atoms with E-state index in [9.17, 15) is 9.59 Å². The molecule has 1 aliphatic heterocycles. The largest absolute Gasteiger partial charge is 0.493 e. The standard InChI is InChI=1S/C25H32N2O6/c1-7-8-11-26-24(28)22-16-13-20(32-5)21(33-6)14-17(16)25(29)27(2)23(22)15-9-10-18(30-3)19(12-15)31-4/h9-10,12-14,22-23H,7-8,11H2,1-6H3,(H,26,28). The lowest BCUT2D eigenvalue weighted by Crippen LogP contribution is -2.45. The average molecular weight is 457 g/mol. The van der Waals surface area contributed by atoms with Crippen molar-refractivity contribution in [2.24, 2.45) is 0 Å². The molecule has 2 aromatic carbocycles. The summed E-state index contributed by atoms with van der Waals surface area (Å²) in [7, 11) is 7.87. The minimum Gasteiger partial charge on any atom is -0.493 e. The molecule has 33 heavy (non-hydrogen) atoms. The van der Waals surface area contributed by atoms with Crippen LogP contribution in [0.2, 0.25) is 0 Å². The normalized spacial score (nSPS) is 17.3. The molecule has 0 aromatic heterocycles. The zero-order valence-corrected chi connectivity index (χ0v) is 20.1. The number of amides is 2. The van der Waals surface area contributed by atoms with Crippen LogP contribution in [0.25, 0.3) is 0 Å². The predicted molar refractivity (Wildman–Crippen MR) is 125 cm³/mol. The Kier molecular flexibility index (Phi) is 7.68. The molecule has 0 aliphatic carbocycles. The van der Waals surface area contributed by atoms with Gasteiger partial charge in [-0.3, -0.25) is 9.59 Å². The Labute approximate surface area is 194 Å². The summed E-state index contributed by atoms with van der Waals surface area (Å²) in [6, 6.07) is 8.27. The lowest BCUT2D eigenvalue weighted by Gasteiger charge is -2.40. The van der Waals surface area contributed by atoms with Crippen LogP contribution in [0.3, 0.4) is 0 Å². The lowest BCUT2D eigenvalue weighted by molar-refractivity contribution is -0.124. The number of unbranched alkanes of at least 4 members (excludes halogenated alkanes) is 1. The molecule has 2 amide bonds. The molecule has 2 atom stereocenters. The van der Waals surface area contributed by atoms with Gasteiger partial charge in [0.05, 0.1) is 40.4 Å². The summed E-state index contributed by atoms with van der Waals surface area (Å²) in [5, 5.41) is 3.04. The smallest absolute Gasteiger partial charge is 0.254 e. The third kappa shape index (κ3) is 4.55. The van der Waals surface area contributed by atoms with Gasteiger partial charge in [0, 0.05) is 19.2 Å². The Morgan fingerprint density at radius 3 is 2.15 bits per heavy atom. The number of ether oxygens (including phenoxy) is 4. The first-order valence-electron chi connectivity index (χ1n) is 10.9. The molecule has 3 rings (SSSR count). The van der Waals surface area contributed by atoms with E-state index in [0.29, 0.717) is 40.7 Å². The van der Waals surface area contributed by atoms with Crippen molar-refractivity contribution in [2.45, 2.75) is 31.7 Å². The van der Waals surface area contributed by atoms with Crippen molar-refractivity contribution in [3.05, 3.63) is 47.0 Å². The summed E-state index contributed by atoms with van der Waals surface area (Å²) in [5.74, 6) is 0.983. The van der Waals surface area contributed by atoms with E-state index in [-0.39, 0.29) is 11.8 Å². The van der Waals surface area contributed by atoms with Crippen LogP contribution in [0.15, 0.2) is 30.3 Å². The molecule has 2 aromatic rings. The van der Waals surface area contributed by atoms with Gasteiger partial charge in [-0.2, -0.15) is 0 Å². The summed E-state index contributed by atoms with van der Waals surface area (Å²) in [4.78, 5) is 28.5. The highest BCUT2D eigenvalue weighted by atomic mass is 16.5. The Bertz CT molecular complexity index is 1020. The quantitative estimate of drug-likeness (QED) is 0.581. The Balaban J connectivity index is 2.19. The Hall–Kier alpha value is -3.42. The molecule has 0 bridgehead atoms. The highest BCUT2D eigenvalue weighted by Crippen LogP contribution is 2.46. The van der Waals surface area contributed by atoms with Crippen molar-refractivity contribution >= 4 is 11.8 Å². The van der Waals surface area contributed by atoms with Gasteiger partial charge < -0.3 is 29.2 Å². The first kappa shape index (κ1) is 24.2. The van der Waals surface area contributed by atoms with Gasteiger partial charge in [0.1, 0.15) is 0 Å². The van der Waals surface area contributed by atoms with Gasteiger partial charge in [-0.15, -0.1) is 0 Å². The third-order valence-electron chi connectivity index (χ3n) is 6.04. The molecule has 0 spiro atoms. The molecule has 1 N–H and O–H groups in total. The van der Waals surface area contributed by atoms with E-state index < -0.39 is 12.0 Å². The molecule has 0 saturated carbocycles. The van der Waals surface area contributed by atoms with Gasteiger partial charge in [0.25, 0.3) is 5.91 Å². The average Bonchev–Trinajstić information content (AvgIpc) is 2.84. The third-order valence-corrected chi connectivity index (χ3v) is 6.04. The van der Waals surface area contributed by atoms with E-state index in [1.165, 1.54) is 14.2 Å². The topological polar surface area (TPSA) is 86.3 Å². The van der Waals surface area contributed by atoms with Gasteiger partial charge in [-0.1, -0.05) is 19.4 Å². The number of benzene rings is 2. The Morgan fingerprint density at radius 1 is 0.939 bits per heavy atom. The second-order valence-corrected chi connectivity index (χ2v) is 7.89. The van der Waals surface area contributed by atoms with Crippen molar-refractivity contribution < 1.29 is 28.5 Å². The highest BCUT2D eigenvalue weighted by Gasteiger charge is 2.43. The molecule has 0 radical (unpaired) electrons. The molecular weight excluding hydrogens is 424 g/mol. The molecule has 8 heteroatoms. The molecule has 1 heterocycles. The maximum atomic E-state index is 13.5. The van der Waals surface area contributed by atoms with Gasteiger partial charge in [0.15, 0.2) is 23.0 Å². The minimum absolute atomic E-state index is 0.156. The van der Waals surface area contributed by atoms with Gasteiger partial charge in [-0.05, 0) is 41.8 Å². The monoisotopic (exact) mass is 456 g/mol. The summed E-state index contributed by atoms with van der Waals surface area (Å²) in [6.07, 6.45) is 1.83. The zero-order chi connectivity index (χ0) is 24.1. The number of hydrogen-bond acceptors (Lipinski definition) is 6. The van der Waals surface area contributed by atoms with Crippen molar-refractivity contribution in [1.82, 2.24) is 10.2 Å². The number of nitrogens with one attached hydrogen (secondary N) is 1. The number of hydrogen-bond donors (Lipinski definition) is 1. The number of fused-ring (bicyclic) bond motifs is 1. The molecule has 178 valence electrons. The fraction of sp³-hybridized carbons (Fsp3) is 0.440. The van der Waals surface area contributed by atoms with Crippen LogP contribution in [0.1, 0.15) is 53.2 Å². The van der Waals surface area contributed by atoms with Crippen molar-refractivity contribution in [3.8, 4) is 23.0 Å². The molecule has 8 nitrogen and oxygen atoms in total. The summed E-state index contributed by atoms with van der Waals surface area (Å²) >= 11 is 0. The van der Waals surface area contributed by atoms with Gasteiger partial charge in [-0.25, -0.2) is 0 Å². The van der Waals surface area contributed by atoms with Crippen LogP contribution >= 0.6 is 0 Å². The SMILES string of the molecule is CCCCNC(=O)C1c2cc(OC)c(OC)cc2C(=O)N(C)C1c1ccc(OC)c(OC)c1. The van der Waals surface area contributed by atoms with E-state index in [0.717, 1.165) is 18.4 Å². The highest BCUT2D eigenvalue weighted by molar-refractivity contribution is 6.02. The molecule has 0 saturated heterocycles. The number of likely N-dealkylation sites (N-methyl/N-ethyl adjacent to an activating group) is 1. The van der Waals surface area contributed by atoms with Crippen LogP contribution in [-0.4, -0.2) is 58.7 Å². The number of carbonyl (C=O) groups excluding carboxylic acids is 2. The number of rotatable bonds is 9. The number of methoxy groups -OCH3 is 4. The van der Waals surface area contributed by atoms with Crippen LogP contribution in [0, 0.1) is 0 Å². The summed E-state index contributed by atoms with van der Waals surface area (Å²) in [5.41, 5.74) is 1.78. The first-order valence-corrected chi connectivity index (χ1v) is 10.9. The second-order valence-electron chi connectivity index (χ2n) is 7.89. The lowest BCUT2D eigenvalue weighted by atomic mass is 9.79. The molecule has 1 aliphatic rings. The maximum absolute atomic E-state index is 13.5. The Morgan fingerprint density at radius 2 is 1.55 bits per heavy atom. The molecular formula is C25H32N2O6. The first-order chi connectivity index (χ1) is 15.9. The van der Waals surface area contributed by atoms with Gasteiger partial charge in [0.2, 0.25) is 5.91 Å². The van der Waals surface area contributed by atoms with Crippen LogP contribution in [0.5, 0.6) is 23.0 Å². The number of carbonyl (C=O) groups is 2. The van der Waals surface area contributed by atoms with Crippen molar-refractivity contribution in [3.63, 3.8) is 0 Å². The van der Waals surface area contributed by atoms with E-state index in [4.69, 9.17) is 18.9 Å². The van der Waals surface area contributed by atoms with Crippen LogP contribution in [-0.2, 0) is 4.79 Å².